The maximum Gasteiger partial charge on any atom is 0.321 e. The van der Waals surface area contributed by atoms with Crippen molar-refractivity contribution in [3.8, 4) is 10.6 Å². The van der Waals surface area contributed by atoms with Crippen molar-refractivity contribution in [2.24, 2.45) is 5.92 Å². The Balaban J connectivity index is 1.23. The third-order valence-electron chi connectivity index (χ3n) is 5.49. The molecule has 0 aliphatic carbocycles. The summed E-state index contributed by atoms with van der Waals surface area (Å²) in [5.74, 6) is -0.0434. The van der Waals surface area contributed by atoms with Crippen LogP contribution in [0.15, 0.2) is 64.9 Å². The molecule has 0 radical (unpaired) electrons. The van der Waals surface area contributed by atoms with Gasteiger partial charge in [0.15, 0.2) is 0 Å². The first kappa shape index (κ1) is 22.4. The molecule has 0 unspecified atom stereocenters. The highest BCUT2D eigenvalue weighted by molar-refractivity contribution is 7.98. The molecule has 166 valence electrons. The molecule has 1 saturated heterocycles. The largest absolute Gasteiger partial charge is 0.350 e. The number of amides is 3. The van der Waals surface area contributed by atoms with E-state index in [9.17, 15) is 9.59 Å². The molecular weight excluding hydrogens is 440 g/mol. The van der Waals surface area contributed by atoms with Crippen molar-refractivity contribution in [2.45, 2.75) is 24.3 Å². The molecule has 2 heterocycles. The Labute approximate surface area is 196 Å². The van der Waals surface area contributed by atoms with E-state index in [2.05, 4.69) is 15.6 Å². The van der Waals surface area contributed by atoms with E-state index in [1.807, 2.05) is 66.2 Å². The summed E-state index contributed by atoms with van der Waals surface area (Å²) in [6.07, 6.45) is 3.33. The lowest BCUT2D eigenvalue weighted by Crippen LogP contribution is -2.44. The van der Waals surface area contributed by atoms with Gasteiger partial charge in [0.2, 0.25) is 5.91 Å². The fourth-order valence-electron chi connectivity index (χ4n) is 3.67. The molecule has 4 rings (SSSR count). The van der Waals surface area contributed by atoms with Gasteiger partial charge in [-0.25, -0.2) is 9.78 Å². The summed E-state index contributed by atoms with van der Waals surface area (Å²) in [6.45, 7) is 1.57. The number of urea groups is 1. The summed E-state index contributed by atoms with van der Waals surface area (Å²) in [7, 11) is 0. The van der Waals surface area contributed by atoms with E-state index in [4.69, 9.17) is 0 Å². The number of anilines is 1. The summed E-state index contributed by atoms with van der Waals surface area (Å²) in [6, 6.07) is 17.7. The van der Waals surface area contributed by atoms with Crippen LogP contribution < -0.4 is 10.6 Å². The average Bonchev–Trinajstić information content (AvgIpc) is 3.32. The summed E-state index contributed by atoms with van der Waals surface area (Å²) in [4.78, 5) is 32.7. The van der Waals surface area contributed by atoms with E-state index in [1.54, 1.807) is 28.0 Å². The van der Waals surface area contributed by atoms with Crippen LogP contribution in [0.25, 0.3) is 10.6 Å². The van der Waals surface area contributed by atoms with Crippen molar-refractivity contribution in [3.05, 3.63) is 65.7 Å². The fourth-order valence-corrected chi connectivity index (χ4v) is 4.96. The van der Waals surface area contributed by atoms with Crippen LogP contribution in [0.5, 0.6) is 0 Å². The van der Waals surface area contributed by atoms with Crippen LogP contribution >= 0.6 is 23.1 Å². The Morgan fingerprint density at radius 2 is 1.91 bits per heavy atom. The fraction of sp³-hybridized carbons (Fsp3) is 0.292. The number of carbonyl (C=O) groups excluding carboxylic acids is 2. The maximum absolute atomic E-state index is 12.6. The van der Waals surface area contributed by atoms with Crippen molar-refractivity contribution < 1.29 is 9.59 Å². The minimum Gasteiger partial charge on any atom is -0.350 e. The van der Waals surface area contributed by atoms with Gasteiger partial charge in [0.25, 0.3) is 0 Å². The van der Waals surface area contributed by atoms with Gasteiger partial charge in [-0.3, -0.25) is 4.79 Å². The number of piperidine rings is 1. The molecule has 3 amide bonds. The predicted octanol–water partition coefficient (Wildman–Crippen LogP) is 5.09. The monoisotopic (exact) mass is 466 g/mol. The van der Waals surface area contributed by atoms with Crippen LogP contribution in [0.3, 0.4) is 0 Å². The Morgan fingerprint density at radius 3 is 2.66 bits per heavy atom. The lowest BCUT2D eigenvalue weighted by Gasteiger charge is -2.31. The van der Waals surface area contributed by atoms with Gasteiger partial charge in [0.05, 0.1) is 12.2 Å². The smallest absolute Gasteiger partial charge is 0.321 e. The SMILES string of the molecule is CSc1cccc(NC(=O)N2CCC(C(=O)NCc3csc(-c4ccccc4)n3)CC2)c1. The molecular formula is C24H26N4O2S2. The Kier molecular flexibility index (Phi) is 7.44. The van der Waals surface area contributed by atoms with E-state index < -0.39 is 0 Å². The van der Waals surface area contributed by atoms with E-state index >= 15 is 0 Å². The molecule has 2 N–H and O–H groups in total. The normalized spacial score (nSPS) is 14.2. The summed E-state index contributed by atoms with van der Waals surface area (Å²) in [5.41, 5.74) is 2.74. The summed E-state index contributed by atoms with van der Waals surface area (Å²) >= 11 is 3.22. The van der Waals surface area contributed by atoms with Crippen LogP contribution in [0.4, 0.5) is 10.5 Å². The number of benzene rings is 2. The van der Waals surface area contributed by atoms with E-state index in [1.165, 1.54) is 0 Å². The van der Waals surface area contributed by atoms with Gasteiger partial charge >= 0.3 is 6.03 Å². The van der Waals surface area contributed by atoms with Crippen molar-refractivity contribution in [1.82, 2.24) is 15.2 Å². The highest BCUT2D eigenvalue weighted by Crippen LogP contribution is 2.24. The highest BCUT2D eigenvalue weighted by atomic mass is 32.2. The second-order valence-corrected chi connectivity index (χ2v) is 9.39. The van der Waals surface area contributed by atoms with Crippen LogP contribution in [0, 0.1) is 5.92 Å². The summed E-state index contributed by atoms with van der Waals surface area (Å²) < 4.78 is 0. The van der Waals surface area contributed by atoms with Gasteiger partial charge in [-0.15, -0.1) is 23.1 Å². The third kappa shape index (κ3) is 5.69. The molecule has 32 heavy (non-hydrogen) atoms. The lowest BCUT2D eigenvalue weighted by atomic mass is 9.96. The predicted molar refractivity (Wildman–Crippen MR) is 131 cm³/mol. The molecule has 1 aromatic heterocycles. The van der Waals surface area contributed by atoms with Crippen molar-refractivity contribution in [2.75, 3.05) is 24.7 Å². The van der Waals surface area contributed by atoms with Crippen molar-refractivity contribution >= 4 is 40.7 Å². The maximum atomic E-state index is 12.6. The van der Waals surface area contributed by atoms with E-state index in [0.717, 1.165) is 26.8 Å². The zero-order valence-electron chi connectivity index (χ0n) is 17.9. The second kappa shape index (κ2) is 10.7. The zero-order chi connectivity index (χ0) is 22.3. The Bertz CT molecular complexity index is 1060. The van der Waals surface area contributed by atoms with Crippen LogP contribution in [-0.2, 0) is 11.3 Å². The van der Waals surface area contributed by atoms with Crippen molar-refractivity contribution in [1.29, 1.82) is 0 Å². The number of nitrogens with one attached hydrogen (secondary N) is 2. The molecule has 1 fully saturated rings. The molecule has 8 heteroatoms. The van der Waals surface area contributed by atoms with Gasteiger partial charge in [-0.1, -0.05) is 36.4 Å². The van der Waals surface area contributed by atoms with Gasteiger partial charge < -0.3 is 15.5 Å². The number of hydrogen-bond acceptors (Lipinski definition) is 5. The first-order valence-corrected chi connectivity index (χ1v) is 12.7. The molecule has 3 aromatic rings. The number of hydrogen-bond donors (Lipinski definition) is 2. The Hall–Kier alpha value is -2.84. The standard InChI is InChI=1S/C24H26N4O2S2/c1-31-21-9-5-8-19(14-21)27-24(30)28-12-10-17(11-13-28)22(29)25-15-20-16-32-23(26-20)18-6-3-2-4-7-18/h2-9,14,16-17H,10-13,15H2,1H3,(H,25,29)(H,27,30). The molecule has 1 aliphatic heterocycles. The molecule has 0 atom stereocenters. The molecule has 0 spiro atoms. The highest BCUT2D eigenvalue weighted by Gasteiger charge is 2.27. The number of nitrogens with zero attached hydrogens (tertiary/aromatic N) is 2. The minimum atomic E-state index is -0.113. The molecule has 0 bridgehead atoms. The first-order chi connectivity index (χ1) is 15.6. The van der Waals surface area contributed by atoms with E-state index in [0.29, 0.717) is 32.5 Å². The Morgan fingerprint density at radius 1 is 1.12 bits per heavy atom. The lowest BCUT2D eigenvalue weighted by molar-refractivity contribution is -0.126. The van der Waals surface area contributed by atoms with Gasteiger partial charge in [0, 0.05) is 40.5 Å². The number of rotatable bonds is 6. The number of thiazole rings is 1. The topological polar surface area (TPSA) is 74.3 Å². The molecule has 0 saturated carbocycles. The van der Waals surface area contributed by atoms with Crippen LogP contribution in [0.1, 0.15) is 18.5 Å². The number of likely N-dealkylation sites (tertiary alicyclic amines) is 1. The molecule has 2 aromatic carbocycles. The van der Waals surface area contributed by atoms with Crippen molar-refractivity contribution in [3.63, 3.8) is 0 Å². The van der Waals surface area contributed by atoms with Gasteiger partial charge in [-0.2, -0.15) is 0 Å². The molecule has 1 aliphatic rings. The van der Waals surface area contributed by atoms with Crippen LogP contribution in [-0.4, -0.2) is 41.2 Å². The zero-order valence-corrected chi connectivity index (χ0v) is 19.5. The van der Waals surface area contributed by atoms with E-state index in [-0.39, 0.29) is 17.9 Å². The number of carbonyl (C=O) groups is 2. The number of aromatic nitrogens is 1. The average molecular weight is 467 g/mol. The quantitative estimate of drug-likeness (QED) is 0.496. The van der Waals surface area contributed by atoms with Gasteiger partial charge in [0.1, 0.15) is 5.01 Å². The first-order valence-electron chi connectivity index (χ1n) is 10.6. The second-order valence-electron chi connectivity index (χ2n) is 7.65. The minimum absolute atomic E-state index is 0.0343. The van der Waals surface area contributed by atoms with Crippen LogP contribution in [0.2, 0.25) is 0 Å². The molecule has 6 nitrogen and oxygen atoms in total. The van der Waals surface area contributed by atoms with Gasteiger partial charge in [-0.05, 0) is 37.3 Å². The number of thioether (sulfide) groups is 1. The summed E-state index contributed by atoms with van der Waals surface area (Å²) in [5, 5.41) is 8.92. The third-order valence-corrected chi connectivity index (χ3v) is 7.16.